The molecule has 0 saturated carbocycles. The molecule has 1 amide bonds. The van der Waals surface area contributed by atoms with Crippen molar-refractivity contribution in [3.8, 4) is 11.5 Å². The lowest BCUT2D eigenvalue weighted by atomic mass is 10.1. The Labute approximate surface area is 142 Å². The van der Waals surface area contributed by atoms with Crippen molar-refractivity contribution in [3.63, 3.8) is 0 Å². The van der Waals surface area contributed by atoms with E-state index in [4.69, 9.17) is 9.47 Å². The number of benzene rings is 1. The van der Waals surface area contributed by atoms with Gasteiger partial charge in [-0.3, -0.25) is 9.48 Å². The van der Waals surface area contributed by atoms with Crippen LogP contribution in [0.5, 0.6) is 11.5 Å². The maximum atomic E-state index is 12.4. The summed E-state index contributed by atoms with van der Waals surface area (Å²) in [5.74, 6) is 1.21. The highest BCUT2D eigenvalue weighted by atomic mass is 16.5. The SMILES string of the molecule is CCn1nc(C)c(CNC(=O)Cc2c(OC)cccc2OC)c1C. The molecule has 1 aromatic carbocycles. The average molecular weight is 331 g/mol. The second kappa shape index (κ2) is 7.86. The van der Waals surface area contributed by atoms with Gasteiger partial charge < -0.3 is 14.8 Å². The van der Waals surface area contributed by atoms with Crippen molar-refractivity contribution in [1.82, 2.24) is 15.1 Å². The normalized spacial score (nSPS) is 10.5. The van der Waals surface area contributed by atoms with E-state index >= 15 is 0 Å². The van der Waals surface area contributed by atoms with Crippen LogP contribution in [0.15, 0.2) is 18.2 Å². The molecule has 2 rings (SSSR count). The summed E-state index contributed by atoms with van der Waals surface area (Å²) >= 11 is 0. The Kier molecular flexibility index (Phi) is 5.84. The predicted molar refractivity (Wildman–Crippen MR) is 92.5 cm³/mol. The van der Waals surface area contributed by atoms with E-state index in [2.05, 4.69) is 17.3 Å². The summed E-state index contributed by atoms with van der Waals surface area (Å²) in [6, 6.07) is 5.49. The number of carbonyl (C=O) groups is 1. The van der Waals surface area contributed by atoms with E-state index in [9.17, 15) is 4.79 Å². The number of rotatable bonds is 7. The maximum Gasteiger partial charge on any atom is 0.224 e. The summed E-state index contributed by atoms with van der Waals surface area (Å²) in [6.45, 7) is 7.32. The van der Waals surface area contributed by atoms with E-state index in [-0.39, 0.29) is 12.3 Å². The molecule has 0 aliphatic rings. The summed E-state index contributed by atoms with van der Waals surface area (Å²) in [5, 5.41) is 7.44. The summed E-state index contributed by atoms with van der Waals surface area (Å²) in [4.78, 5) is 12.4. The molecule has 0 aliphatic carbocycles. The Balaban J connectivity index is 2.09. The molecule has 6 heteroatoms. The third kappa shape index (κ3) is 3.69. The number of nitrogens with one attached hydrogen (secondary N) is 1. The van der Waals surface area contributed by atoms with Gasteiger partial charge in [0.25, 0.3) is 0 Å². The van der Waals surface area contributed by atoms with Crippen LogP contribution in [0, 0.1) is 13.8 Å². The fourth-order valence-electron chi connectivity index (χ4n) is 2.81. The van der Waals surface area contributed by atoms with Crippen LogP contribution in [0.1, 0.15) is 29.4 Å². The first-order valence-corrected chi connectivity index (χ1v) is 8.01. The third-order valence-electron chi connectivity index (χ3n) is 4.16. The highest BCUT2D eigenvalue weighted by molar-refractivity contribution is 5.80. The van der Waals surface area contributed by atoms with E-state index in [1.165, 1.54) is 0 Å². The summed E-state index contributed by atoms with van der Waals surface area (Å²) in [7, 11) is 3.17. The first-order valence-electron chi connectivity index (χ1n) is 8.01. The van der Waals surface area contributed by atoms with Gasteiger partial charge in [-0.2, -0.15) is 5.10 Å². The molecule has 0 atom stereocenters. The van der Waals surface area contributed by atoms with E-state index in [0.717, 1.165) is 29.1 Å². The lowest BCUT2D eigenvalue weighted by molar-refractivity contribution is -0.120. The van der Waals surface area contributed by atoms with Crippen LogP contribution in [-0.2, 0) is 24.3 Å². The predicted octanol–water partition coefficient (Wildman–Crippen LogP) is 2.40. The molecule has 0 bridgehead atoms. The standard InChI is InChI=1S/C18H25N3O3/c1-6-21-13(3)15(12(2)20-21)11-19-18(22)10-14-16(23-4)8-7-9-17(14)24-5/h7-9H,6,10-11H2,1-5H3,(H,19,22). The minimum Gasteiger partial charge on any atom is -0.496 e. The number of methoxy groups -OCH3 is 2. The fourth-order valence-corrected chi connectivity index (χ4v) is 2.81. The lowest BCUT2D eigenvalue weighted by Gasteiger charge is -2.13. The van der Waals surface area contributed by atoms with Crippen molar-refractivity contribution in [2.45, 2.75) is 40.3 Å². The van der Waals surface area contributed by atoms with Crippen LogP contribution in [0.25, 0.3) is 0 Å². The van der Waals surface area contributed by atoms with Crippen LogP contribution in [0.4, 0.5) is 0 Å². The fraction of sp³-hybridized carbons (Fsp3) is 0.444. The van der Waals surface area contributed by atoms with Gasteiger partial charge in [-0.05, 0) is 32.9 Å². The maximum absolute atomic E-state index is 12.4. The van der Waals surface area contributed by atoms with Gasteiger partial charge in [-0.25, -0.2) is 0 Å². The molecule has 0 saturated heterocycles. The Morgan fingerprint density at radius 3 is 2.29 bits per heavy atom. The van der Waals surface area contributed by atoms with Crippen molar-refractivity contribution in [2.24, 2.45) is 0 Å². The Morgan fingerprint density at radius 2 is 1.79 bits per heavy atom. The van der Waals surface area contributed by atoms with Gasteiger partial charge in [0.2, 0.25) is 5.91 Å². The molecule has 0 spiro atoms. The summed E-state index contributed by atoms with van der Waals surface area (Å²) < 4.78 is 12.6. The van der Waals surface area contributed by atoms with Gasteiger partial charge in [-0.15, -0.1) is 0 Å². The molecule has 1 N–H and O–H groups in total. The van der Waals surface area contributed by atoms with Gasteiger partial charge in [0.15, 0.2) is 0 Å². The van der Waals surface area contributed by atoms with Crippen molar-refractivity contribution in [1.29, 1.82) is 0 Å². The molecule has 6 nitrogen and oxygen atoms in total. The van der Waals surface area contributed by atoms with Crippen molar-refractivity contribution >= 4 is 5.91 Å². The number of carbonyl (C=O) groups excluding carboxylic acids is 1. The van der Waals surface area contributed by atoms with Gasteiger partial charge >= 0.3 is 0 Å². The molecule has 2 aromatic rings. The zero-order chi connectivity index (χ0) is 17.7. The second-order valence-electron chi connectivity index (χ2n) is 5.56. The number of nitrogens with zero attached hydrogens (tertiary/aromatic N) is 2. The molecule has 0 unspecified atom stereocenters. The Bertz CT molecular complexity index is 700. The van der Waals surface area contributed by atoms with E-state index in [0.29, 0.717) is 18.0 Å². The average Bonchev–Trinajstić information content (AvgIpc) is 2.86. The van der Waals surface area contributed by atoms with Crippen molar-refractivity contribution in [3.05, 3.63) is 40.7 Å². The van der Waals surface area contributed by atoms with Crippen LogP contribution in [0.3, 0.4) is 0 Å². The number of ether oxygens (including phenoxy) is 2. The van der Waals surface area contributed by atoms with Gasteiger partial charge in [0.1, 0.15) is 11.5 Å². The Hall–Kier alpha value is -2.50. The molecule has 1 aromatic heterocycles. The lowest BCUT2D eigenvalue weighted by Crippen LogP contribution is -2.25. The van der Waals surface area contributed by atoms with E-state index in [1.807, 2.05) is 36.7 Å². The highest BCUT2D eigenvalue weighted by Gasteiger charge is 2.16. The van der Waals surface area contributed by atoms with Crippen LogP contribution in [0.2, 0.25) is 0 Å². The van der Waals surface area contributed by atoms with Crippen molar-refractivity contribution in [2.75, 3.05) is 14.2 Å². The summed E-state index contributed by atoms with van der Waals surface area (Å²) in [6.07, 6.45) is 0.202. The number of hydrogen-bond acceptors (Lipinski definition) is 4. The van der Waals surface area contributed by atoms with E-state index < -0.39 is 0 Å². The third-order valence-corrected chi connectivity index (χ3v) is 4.16. The van der Waals surface area contributed by atoms with Crippen LogP contribution < -0.4 is 14.8 Å². The quantitative estimate of drug-likeness (QED) is 0.846. The zero-order valence-electron chi connectivity index (χ0n) is 15.0. The number of amides is 1. The molecule has 0 radical (unpaired) electrons. The first-order chi connectivity index (χ1) is 11.5. The minimum atomic E-state index is -0.0825. The molecule has 0 aliphatic heterocycles. The molecular weight excluding hydrogens is 306 g/mol. The molecule has 0 fully saturated rings. The number of aryl methyl sites for hydroxylation is 2. The molecule has 1 heterocycles. The van der Waals surface area contributed by atoms with E-state index in [1.54, 1.807) is 14.2 Å². The van der Waals surface area contributed by atoms with Gasteiger partial charge in [0, 0.05) is 29.9 Å². The molecular formula is C18H25N3O3. The zero-order valence-corrected chi connectivity index (χ0v) is 15.0. The smallest absolute Gasteiger partial charge is 0.224 e. The topological polar surface area (TPSA) is 65.4 Å². The second-order valence-corrected chi connectivity index (χ2v) is 5.56. The largest absolute Gasteiger partial charge is 0.496 e. The van der Waals surface area contributed by atoms with Gasteiger partial charge in [-0.1, -0.05) is 6.07 Å². The number of aromatic nitrogens is 2. The van der Waals surface area contributed by atoms with Crippen molar-refractivity contribution < 1.29 is 14.3 Å². The summed E-state index contributed by atoms with van der Waals surface area (Å²) in [5.41, 5.74) is 3.85. The van der Waals surface area contributed by atoms with Gasteiger partial charge in [0.05, 0.1) is 26.3 Å². The monoisotopic (exact) mass is 331 g/mol. The first kappa shape index (κ1) is 17.8. The Morgan fingerprint density at radius 1 is 1.17 bits per heavy atom. The number of hydrogen-bond donors (Lipinski definition) is 1. The van der Waals surface area contributed by atoms with Crippen LogP contribution >= 0.6 is 0 Å². The molecule has 130 valence electrons. The highest BCUT2D eigenvalue weighted by Crippen LogP contribution is 2.28. The minimum absolute atomic E-state index is 0.0825. The molecule has 24 heavy (non-hydrogen) atoms. The van der Waals surface area contributed by atoms with Crippen LogP contribution in [-0.4, -0.2) is 29.9 Å².